The Morgan fingerprint density at radius 1 is 1.39 bits per heavy atom. The van der Waals surface area contributed by atoms with Crippen LogP contribution in [-0.2, 0) is 11.8 Å². The van der Waals surface area contributed by atoms with Gasteiger partial charge < -0.3 is 9.30 Å². The molecule has 5 nitrogen and oxygen atoms in total. The molecule has 18 heavy (non-hydrogen) atoms. The highest BCUT2D eigenvalue weighted by Gasteiger charge is 2.21. The number of hydrogen-bond acceptors (Lipinski definition) is 4. The molecule has 0 fully saturated rings. The number of aryl methyl sites for hydroxylation is 3. The van der Waals surface area contributed by atoms with E-state index in [1.54, 1.807) is 13.8 Å². The fourth-order valence-corrected chi connectivity index (χ4v) is 2.15. The zero-order valence-corrected chi connectivity index (χ0v) is 11.5. The van der Waals surface area contributed by atoms with Gasteiger partial charge in [0.2, 0.25) is 0 Å². The van der Waals surface area contributed by atoms with Crippen LogP contribution in [0.2, 0.25) is 5.02 Å². The molecule has 2 aromatic rings. The van der Waals surface area contributed by atoms with Crippen LogP contribution in [0, 0.1) is 13.8 Å². The lowest BCUT2D eigenvalue weighted by atomic mass is 10.2. The molecule has 0 aromatic carbocycles. The molecule has 2 aromatic heterocycles. The molecule has 2 heterocycles. The van der Waals surface area contributed by atoms with Gasteiger partial charge in [-0.1, -0.05) is 11.6 Å². The fraction of sp³-hybridized carbons (Fsp3) is 0.417. The average Bonchev–Trinajstić information content (AvgIpc) is 2.57. The lowest BCUT2D eigenvalue weighted by molar-refractivity contribution is 0.0525. The van der Waals surface area contributed by atoms with Crippen molar-refractivity contribution in [2.24, 2.45) is 7.05 Å². The van der Waals surface area contributed by atoms with Crippen LogP contribution in [0.4, 0.5) is 0 Å². The largest absolute Gasteiger partial charge is 0.462 e. The minimum atomic E-state index is -0.460. The van der Waals surface area contributed by atoms with Gasteiger partial charge in [0.25, 0.3) is 0 Å². The predicted molar refractivity (Wildman–Crippen MR) is 68.9 cm³/mol. The maximum Gasteiger partial charge on any atom is 0.341 e. The lowest BCUT2D eigenvalue weighted by Gasteiger charge is -2.07. The summed E-state index contributed by atoms with van der Waals surface area (Å²) in [6.07, 6.45) is 0. The molecular weight excluding hydrogens is 254 g/mol. The second-order valence-corrected chi connectivity index (χ2v) is 4.37. The molecule has 0 spiro atoms. The Kier molecular flexibility index (Phi) is 3.26. The predicted octanol–water partition coefficient (Wildman–Crippen LogP) is 2.42. The number of rotatable bonds is 2. The van der Waals surface area contributed by atoms with Gasteiger partial charge in [0.1, 0.15) is 16.9 Å². The minimum absolute atomic E-state index is 0.295. The van der Waals surface area contributed by atoms with E-state index in [1.165, 1.54) is 0 Å². The van der Waals surface area contributed by atoms with Gasteiger partial charge in [-0.15, -0.1) is 0 Å². The maximum atomic E-state index is 11.8. The van der Waals surface area contributed by atoms with Gasteiger partial charge in [-0.25, -0.2) is 14.8 Å². The average molecular weight is 268 g/mol. The second-order valence-electron chi connectivity index (χ2n) is 4.00. The van der Waals surface area contributed by atoms with Crippen molar-refractivity contribution >= 4 is 28.7 Å². The van der Waals surface area contributed by atoms with Crippen molar-refractivity contribution in [2.75, 3.05) is 6.61 Å². The second kappa shape index (κ2) is 4.57. The Bertz CT molecular complexity index is 634. The smallest absolute Gasteiger partial charge is 0.341 e. The molecule has 0 saturated carbocycles. The standard InChI is InChI=1S/C12H14ClN3O2/c1-5-18-12(17)8-6(2)14-11-10(9(8)13)15-7(3)16(11)4/h5H2,1-4H3. The van der Waals surface area contributed by atoms with Crippen molar-refractivity contribution in [1.82, 2.24) is 14.5 Å². The number of carbonyl (C=O) groups is 1. The van der Waals surface area contributed by atoms with Crippen LogP contribution in [0.3, 0.4) is 0 Å². The Balaban J connectivity index is 2.73. The van der Waals surface area contributed by atoms with Crippen LogP contribution < -0.4 is 0 Å². The van der Waals surface area contributed by atoms with E-state index >= 15 is 0 Å². The van der Waals surface area contributed by atoms with Crippen LogP contribution in [0.25, 0.3) is 11.2 Å². The van der Waals surface area contributed by atoms with Crippen molar-refractivity contribution in [3.8, 4) is 0 Å². The van der Waals surface area contributed by atoms with Crippen molar-refractivity contribution in [1.29, 1.82) is 0 Å². The molecular formula is C12H14ClN3O2. The zero-order valence-electron chi connectivity index (χ0n) is 10.7. The Labute approximate surface area is 110 Å². The number of ether oxygens (including phenoxy) is 1. The number of halogens is 1. The van der Waals surface area contributed by atoms with Gasteiger partial charge in [-0.2, -0.15) is 0 Å². The van der Waals surface area contributed by atoms with Crippen molar-refractivity contribution in [3.63, 3.8) is 0 Å². The molecule has 0 bridgehead atoms. The number of imidazole rings is 1. The van der Waals surface area contributed by atoms with E-state index in [1.807, 2.05) is 18.5 Å². The van der Waals surface area contributed by atoms with E-state index in [9.17, 15) is 4.79 Å². The highest BCUT2D eigenvalue weighted by Crippen LogP contribution is 2.28. The van der Waals surface area contributed by atoms with Crippen LogP contribution in [0.15, 0.2) is 0 Å². The first-order valence-corrected chi connectivity index (χ1v) is 6.01. The minimum Gasteiger partial charge on any atom is -0.462 e. The number of aromatic nitrogens is 3. The number of fused-ring (bicyclic) bond motifs is 1. The summed E-state index contributed by atoms with van der Waals surface area (Å²) in [5.74, 6) is 0.331. The molecule has 0 aliphatic rings. The van der Waals surface area contributed by atoms with E-state index in [-0.39, 0.29) is 0 Å². The van der Waals surface area contributed by atoms with Crippen molar-refractivity contribution < 1.29 is 9.53 Å². The Morgan fingerprint density at radius 2 is 2.06 bits per heavy atom. The Hall–Kier alpha value is -1.62. The molecule has 6 heteroatoms. The van der Waals surface area contributed by atoms with E-state index in [2.05, 4.69) is 9.97 Å². The molecule has 0 unspecified atom stereocenters. The summed E-state index contributed by atoms with van der Waals surface area (Å²) >= 11 is 6.25. The first kappa shape index (κ1) is 12.8. The zero-order chi connectivity index (χ0) is 13.4. The molecule has 0 saturated heterocycles. The van der Waals surface area contributed by atoms with Crippen LogP contribution in [0.1, 0.15) is 28.8 Å². The van der Waals surface area contributed by atoms with Gasteiger partial charge in [0.15, 0.2) is 5.65 Å². The summed E-state index contributed by atoms with van der Waals surface area (Å²) in [4.78, 5) is 20.5. The van der Waals surface area contributed by atoms with Gasteiger partial charge in [-0.3, -0.25) is 0 Å². The van der Waals surface area contributed by atoms with Crippen LogP contribution >= 0.6 is 11.6 Å². The number of nitrogens with zero attached hydrogens (tertiary/aromatic N) is 3. The third-order valence-electron chi connectivity index (χ3n) is 2.83. The highest BCUT2D eigenvalue weighted by atomic mass is 35.5. The molecule has 0 radical (unpaired) electrons. The highest BCUT2D eigenvalue weighted by molar-refractivity contribution is 6.37. The fourth-order valence-electron chi connectivity index (χ4n) is 1.81. The third-order valence-corrected chi connectivity index (χ3v) is 3.20. The van der Waals surface area contributed by atoms with Crippen LogP contribution in [-0.4, -0.2) is 27.1 Å². The topological polar surface area (TPSA) is 57.0 Å². The molecule has 0 atom stereocenters. The summed E-state index contributed by atoms with van der Waals surface area (Å²) < 4.78 is 6.81. The van der Waals surface area contributed by atoms with Crippen LogP contribution in [0.5, 0.6) is 0 Å². The summed E-state index contributed by atoms with van der Waals surface area (Å²) in [6.45, 7) is 5.64. The van der Waals surface area contributed by atoms with Gasteiger partial charge in [0, 0.05) is 7.05 Å². The summed E-state index contributed by atoms with van der Waals surface area (Å²) in [5, 5.41) is 0.305. The van der Waals surface area contributed by atoms with E-state index in [0.717, 1.165) is 5.82 Å². The lowest BCUT2D eigenvalue weighted by Crippen LogP contribution is -2.09. The van der Waals surface area contributed by atoms with Gasteiger partial charge in [0.05, 0.1) is 17.3 Å². The maximum absolute atomic E-state index is 11.8. The molecule has 0 N–H and O–H groups in total. The number of hydrogen-bond donors (Lipinski definition) is 0. The first-order valence-electron chi connectivity index (χ1n) is 5.63. The van der Waals surface area contributed by atoms with Gasteiger partial charge in [-0.05, 0) is 20.8 Å². The monoisotopic (exact) mass is 267 g/mol. The van der Waals surface area contributed by atoms with Crippen molar-refractivity contribution in [2.45, 2.75) is 20.8 Å². The van der Waals surface area contributed by atoms with Crippen molar-refractivity contribution in [3.05, 3.63) is 22.1 Å². The molecule has 0 amide bonds. The Morgan fingerprint density at radius 3 is 2.67 bits per heavy atom. The van der Waals surface area contributed by atoms with E-state index in [0.29, 0.717) is 34.1 Å². The molecule has 96 valence electrons. The number of esters is 1. The molecule has 2 rings (SSSR count). The van der Waals surface area contributed by atoms with E-state index in [4.69, 9.17) is 16.3 Å². The van der Waals surface area contributed by atoms with Gasteiger partial charge >= 0.3 is 5.97 Å². The summed E-state index contributed by atoms with van der Waals surface area (Å²) in [7, 11) is 1.86. The quantitative estimate of drug-likeness (QED) is 0.784. The molecule has 0 aliphatic carbocycles. The molecule has 0 aliphatic heterocycles. The third kappa shape index (κ3) is 1.84. The first-order chi connectivity index (χ1) is 8.47. The summed E-state index contributed by atoms with van der Waals surface area (Å²) in [5.41, 5.74) is 2.05. The number of pyridine rings is 1. The normalized spacial score (nSPS) is 10.9. The SMILES string of the molecule is CCOC(=O)c1c(C)nc2c(nc(C)n2C)c1Cl. The van der Waals surface area contributed by atoms with E-state index < -0.39 is 5.97 Å². The number of carbonyl (C=O) groups excluding carboxylic acids is 1. The summed E-state index contributed by atoms with van der Waals surface area (Å²) in [6, 6.07) is 0.